The third kappa shape index (κ3) is 6.19. The summed E-state index contributed by atoms with van der Waals surface area (Å²) in [5.74, 6) is 0.161. The highest BCUT2D eigenvalue weighted by Gasteiger charge is 2.23. The third-order valence-electron chi connectivity index (χ3n) is 6.59. The van der Waals surface area contributed by atoms with Crippen molar-refractivity contribution < 1.29 is 9.18 Å². The van der Waals surface area contributed by atoms with Crippen LogP contribution in [0.15, 0.2) is 79.3 Å². The number of alkyl halides is 1. The molecule has 4 aromatic rings. The fraction of sp³-hybridized carbons (Fsp3) is 0.241. The molecule has 38 heavy (non-hydrogen) atoms. The van der Waals surface area contributed by atoms with Gasteiger partial charge in [-0.25, -0.2) is 14.4 Å². The van der Waals surface area contributed by atoms with E-state index in [0.29, 0.717) is 22.8 Å². The number of carbonyl (C=O) groups is 1. The molecule has 1 aliphatic heterocycles. The number of anilines is 3. The van der Waals surface area contributed by atoms with E-state index in [2.05, 4.69) is 35.8 Å². The van der Waals surface area contributed by atoms with Gasteiger partial charge in [-0.15, -0.1) is 0 Å². The Balaban J connectivity index is 1.24. The zero-order valence-corrected chi connectivity index (χ0v) is 21.4. The molecule has 3 heterocycles. The van der Waals surface area contributed by atoms with Gasteiger partial charge in [-0.2, -0.15) is 0 Å². The average Bonchev–Trinajstić information content (AvgIpc) is 3.35. The molecule has 1 saturated heterocycles. The smallest absolute Gasteiger partial charge is 0.255 e. The quantitative estimate of drug-likeness (QED) is 0.283. The van der Waals surface area contributed by atoms with Crippen molar-refractivity contribution >= 4 is 23.2 Å². The number of nitrogens with zero attached hydrogens (tertiary/aromatic N) is 4. The maximum Gasteiger partial charge on any atom is 0.255 e. The van der Waals surface area contributed by atoms with E-state index in [4.69, 9.17) is 0 Å². The normalized spacial score (nSPS) is 16.2. The fourth-order valence-electron chi connectivity index (χ4n) is 4.43. The summed E-state index contributed by atoms with van der Waals surface area (Å²) in [6.45, 7) is 3.75. The minimum atomic E-state index is -1.27. The Morgan fingerprint density at radius 3 is 2.68 bits per heavy atom. The Hall–Kier alpha value is -4.21. The first-order valence-electron chi connectivity index (χ1n) is 12.6. The number of halogens is 1. The van der Waals surface area contributed by atoms with E-state index in [1.807, 2.05) is 50.4 Å². The summed E-state index contributed by atoms with van der Waals surface area (Å²) in [5.41, 5.74) is 4.95. The van der Waals surface area contributed by atoms with Crippen molar-refractivity contribution in [2.75, 3.05) is 30.8 Å². The van der Waals surface area contributed by atoms with E-state index in [-0.39, 0.29) is 11.9 Å². The number of likely N-dealkylation sites (tertiary alicyclic amines) is 1. The zero-order chi connectivity index (χ0) is 26.5. The average molecular weight is 512 g/mol. The predicted octanol–water partition coefficient (Wildman–Crippen LogP) is 5.10. The monoisotopic (exact) mass is 511 g/mol. The number of hydrogen-bond donors (Lipinski definition) is 3. The van der Waals surface area contributed by atoms with Crippen LogP contribution in [0.5, 0.6) is 0 Å². The largest absolute Gasteiger partial charge is 0.324 e. The van der Waals surface area contributed by atoms with Crippen molar-refractivity contribution in [3.8, 4) is 11.3 Å². The Labute approximate surface area is 221 Å². The second-order valence-electron chi connectivity index (χ2n) is 9.52. The number of rotatable bonds is 8. The molecule has 2 aromatic heterocycles. The first-order chi connectivity index (χ1) is 18.4. The summed E-state index contributed by atoms with van der Waals surface area (Å²) < 4.78 is 14.7. The minimum Gasteiger partial charge on any atom is -0.324 e. The van der Waals surface area contributed by atoms with E-state index in [9.17, 15) is 9.18 Å². The van der Waals surface area contributed by atoms with E-state index in [0.717, 1.165) is 42.0 Å². The van der Waals surface area contributed by atoms with Gasteiger partial charge >= 0.3 is 0 Å². The molecule has 9 heteroatoms. The van der Waals surface area contributed by atoms with Crippen LogP contribution in [0.25, 0.3) is 11.3 Å². The molecule has 2 unspecified atom stereocenters. The molecule has 194 valence electrons. The molecule has 0 spiro atoms. The minimum absolute atomic E-state index is 0.130. The lowest BCUT2D eigenvalue weighted by Crippen LogP contribution is -2.33. The Morgan fingerprint density at radius 1 is 1.11 bits per heavy atom. The summed E-state index contributed by atoms with van der Waals surface area (Å²) in [4.78, 5) is 28.1. The summed E-state index contributed by atoms with van der Waals surface area (Å²) >= 11 is 0. The van der Waals surface area contributed by atoms with Gasteiger partial charge in [-0.05, 0) is 75.0 Å². The lowest BCUT2D eigenvalue weighted by atomic mass is 10.1. The first-order valence-corrected chi connectivity index (χ1v) is 12.6. The summed E-state index contributed by atoms with van der Waals surface area (Å²) in [6, 6.07) is 17.9. The number of amides is 1. The van der Waals surface area contributed by atoms with Crippen LogP contribution in [0.2, 0.25) is 0 Å². The molecule has 0 bridgehead atoms. The first kappa shape index (κ1) is 25.4. The van der Waals surface area contributed by atoms with Gasteiger partial charge in [0.25, 0.3) is 5.91 Å². The van der Waals surface area contributed by atoms with E-state index in [1.54, 1.807) is 42.9 Å². The number of carbonyl (C=O) groups excluding carboxylic acids is 1. The topological polar surface area (TPSA) is 95.1 Å². The molecular weight excluding hydrogens is 481 g/mol. The molecule has 3 N–H and O–H groups in total. The molecule has 1 fully saturated rings. The van der Waals surface area contributed by atoms with Crippen molar-refractivity contribution in [3.05, 3.63) is 95.9 Å². The van der Waals surface area contributed by atoms with Crippen molar-refractivity contribution in [2.45, 2.75) is 25.7 Å². The molecular formula is C29H30FN7O. The number of aryl methyl sites for hydroxylation is 1. The van der Waals surface area contributed by atoms with Gasteiger partial charge in [0.15, 0.2) is 6.30 Å². The molecule has 0 radical (unpaired) electrons. The van der Waals surface area contributed by atoms with Crippen LogP contribution in [-0.4, -0.2) is 51.9 Å². The van der Waals surface area contributed by atoms with Gasteiger partial charge in [0, 0.05) is 59.2 Å². The van der Waals surface area contributed by atoms with E-state index in [1.165, 1.54) is 0 Å². The highest BCUT2D eigenvalue weighted by atomic mass is 19.1. The van der Waals surface area contributed by atoms with Crippen LogP contribution in [0.3, 0.4) is 0 Å². The molecule has 1 amide bonds. The molecule has 5 rings (SSSR count). The zero-order valence-electron chi connectivity index (χ0n) is 21.4. The fourth-order valence-corrected chi connectivity index (χ4v) is 4.43. The second kappa shape index (κ2) is 11.5. The molecule has 8 nitrogen and oxygen atoms in total. The van der Waals surface area contributed by atoms with Crippen LogP contribution in [0.1, 0.15) is 34.2 Å². The van der Waals surface area contributed by atoms with Gasteiger partial charge < -0.3 is 15.5 Å². The maximum absolute atomic E-state index is 14.7. The predicted molar refractivity (Wildman–Crippen MR) is 147 cm³/mol. The van der Waals surface area contributed by atoms with Crippen molar-refractivity contribution in [1.82, 2.24) is 25.2 Å². The maximum atomic E-state index is 14.7. The Kier molecular flexibility index (Phi) is 7.67. The van der Waals surface area contributed by atoms with Crippen LogP contribution >= 0.6 is 0 Å². The Bertz CT molecular complexity index is 1400. The number of likely N-dealkylation sites (N-methyl/N-ethyl adjacent to an activating group) is 1. The van der Waals surface area contributed by atoms with Crippen molar-refractivity contribution in [1.29, 1.82) is 0 Å². The van der Waals surface area contributed by atoms with Crippen molar-refractivity contribution in [2.24, 2.45) is 0 Å². The molecule has 2 aromatic carbocycles. The number of hydrogen-bond acceptors (Lipinski definition) is 7. The van der Waals surface area contributed by atoms with Crippen LogP contribution < -0.4 is 16.0 Å². The summed E-state index contributed by atoms with van der Waals surface area (Å²) in [6.07, 6.45) is 4.80. The van der Waals surface area contributed by atoms with Crippen molar-refractivity contribution in [3.63, 3.8) is 0 Å². The van der Waals surface area contributed by atoms with Crippen LogP contribution in [0.4, 0.5) is 21.7 Å². The third-order valence-corrected chi connectivity index (χ3v) is 6.59. The number of aromatic nitrogens is 3. The number of pyridine rings is 1. The summed E-state index contributed by atoms with van der Waals surface area (Å²) in [5, 5.41) is 9.19. The highest BCUT2D eigenvalue weighted by molar-refractivity contribution is 6.04. The van der Waals surface area contributed by atoms with Crippen LogP contribution in [-0.2, 0) is 0 Å². The van der Waals surface area contributed by atoms with Gasteiger partial charge in [0.1, 0.15) is 0 Å². The highest BCUT2D eigenvalue weighted by Crippen LogP contribution is 2.25. The van der Waals surface area contributed by atoms with Crippen LogP contribution in [0, 0.1) is 6.92 Å². The molecule has 0 saturated carbocycles. The molecule has 1 aliphatic rings. The standard InChI is InChI=1S/C29H30FN7O/c1-19-5-10-23(16-26(19)36-29-32-14-11-25(35-29)22-4-3-13-31-17-22)34-28(38)21-8-6-20(7-9-21)27(30)33-24-12-15-37(2)18-24/h3-11,13-14,16-17,24,27,33H,12,15,18H2,1-2H3,(H,34,38)(H,32,35,36). The van der Waals surface area contributed by atoms with E-state index < -0.39 is 6.30 Å². The summed E-state index contributed by atoms with van der Waals surface area (Å²) in [7, 11) is 2.03. The van der Waals surface area contributed by atoms with Gasteiger partial charge in [-0.1, -0.05) is 18.2 Å². The SMILES string of the molecule is Cc1ccc(NC(=O)c2ccc(C(F)NC3CCN(C)C3)cc2)cc1Nc1nccc(-c2cccnc2)n1. The second-order valence-corrected chi connectivity index (χ2v) is 9.52. The van der Waals surface area contributed by atoms with Gasteiger partial charge in [0.2, 0.25) is 5.95 Å². The Morgan fingerprint density at radius 2 is 1.95 bits per heavy atom. The molecule has 2 atom stereocenters. The lowest BCUT2D eigenvalue weighted by Gasteiger charge is -2.17. The van der Waals surface area contributed by atoms with E-state index >= 15 is 0 Å². The number of nitrogens with one attached hydrogen (secondary N) is 3. The lowest BCUT2D eigenvalue weighted by molar-refractivity contribution is 0.102. The van der Waals surface area contributed by atoms with Gasteiger partial charge in [-0.3, -0.25) is 15.1 Å². The van der Waals surface area contributed by atoms with Gasteiger partial charge in [0.05, 0.1) is 5.69 Å². The number of benzene rings is 2. The molecule has 0 aliphatic carbocycles.